The topological polar surface area (TPSA) is 49.8 Å². The van der Waals surface area contributed by atoms with Crippen molar-refractivity contribution in [2.24, 2.45) is 5.73 Å². The van der Waals surface area contributed by atoms with Crippen molar-refractivity contribution in [3.05, 3.63) is 35.1 Å². The molecule has 0 atom stereocenters. The Balaban J connectivity index is 2.68. The summed E-state index contributed by atoms with van der Waals surface area (Å²) >= 11 is 1.63. The van der Waals surface area contributed by atoms with Crippen LogP contribution in [-0.4, -0.2) is 12.3 Å². The molecule has 1 aromatic rings. The molecule has 0 spiro atoms. The molecule has 0 fully saturated rings. The Labute approximate surface area is 86.9 Å². The number of thioether (sulfide) groups is 1. The predicted octanol–water partition coefficient (Wildman–Crippen LogP) is 1.89. The Hall–Kier alpha value is -1.05. The quantitative estimate of drug-likeness (QED) is 0.772. The van der Waals surface area contributed by atoms with Crippen LogP contribution in [-0.2, 0) is 5.75 Å². The fourth-order valence-corrected chi connectivity index (χ4v) is 1.79. The van der Waals surface area contributed by atoms with Crippen LogP contribution in [0.5, 0.6) is 0 Å². The minimum absolute atomic E-state index is 0.354. The van der Waals surface area contributed by atoms with Gasteiger partial charge in [-0.05, 0) is 23.8 Å². The summed E-state index contributed by atoms with van der Waals surface area (Å²) < 4.78 is 12.9. The van der Waals surface area contributed by atoms with Crippen LogP contribution in [0.1, 0.15) is 11.1 Å². The monoisotopic (exact) mass is 210 g/mol. The van der Waals surface area contributed by atoms with Crippen LogP contribution in [0.15, 0.2) is 18.2 Å². The zero-order chi connectivity index (χ0) is 10.4. The molecular formula is C10H11FN2S. The number of nitrogens with two attached hydrogens (primary N) is 1. The summed E-state index contributed by atoms with van der Waals surface area (Å²) in [6.07, 6.45) is 0. The molecule has 2 N–H and O–H groups in total. The molecule has 74 valence electrons. The maximum absolute atomic E-state index is 12.9. The molecule has 0 aliphatic carbocycles. The summed E-state index contributed by atoms with van der Waals surface area (Å²) in [5.41, 5.74) is 6.53. The summed E-state index contributed by atoms with van der Waals surface area (Å²) in [6, 6.07) is 6.31. The number of nitriles is 1. The van der Waals surface area contributed by atoms with Crippen LogP contribution in [0.25, 0.3) is 0 Å². The Morgan fingerprint density at radius 2 is 2.21 bits per heavy atom. The van der Waals surface area contributed by atoms with Gasteiger partial charge in [0.05, 0.1) is 11.6 Å². The minimum Gasteiger partial charge on any atom is -0.330 e. The van der Waals surface area contributed by atoms with E-state index in [9.17, 15) is 4.39 Å². The molecule has 0 bridgehead atoms. The third-order valence-corrected chi connectivity index (χ3v) is 2.68. The average Bonchev–Trinajstić information content (AvgIpc) is 2.17. The van der Waals surface area contributed by atoms with Crippen molar-refractivity contribution in [1.82, 2.24) is 0 Å². The van der Waals surface area contributed by atoms with Crippen molar-refractivity contribution in [2.45, 2.75) is 5.75 Å². The van der Waals surface area contributed by atoms with Gasteiger partial charge in [-0.25, -0.2) is 4.39 Å². The Bertz CT molecular complexity index is 346. The number of rotatable bonds is 4. The highest BCUT2D eigenvalue weighted by molar-refractivity contribution is 7.98. The first-order valence-electron chi connectivity index (χ1n) is 4.23. The maximum atomic E-state index is 12.9. The van der Waals surface area contributed by atoms with Gasteiger partial charge in [-0.15, -0.1) is 0 Å². The van der Waals surface area contributed by atoms with Crippen molar-refractivity contribution in [2.75, 3.05) is 12.3 Å². The summed E-state index contributed by atoms with van der Waals surface area (Å²) in [7, 11) is 0. The van der Waals surface area contributed by atoms with E-state index < -0.39 is 0 Å². The fraction of sp³-hybridized carbons (Fsp3) is 0.300. The van der Waals surface area contributed by atoms with E-state index in [4.69, 9.17) is 11.0 Å². The summed E-state index contributed by atoms with van der Waals surface area (Å²) in [4.78, 5) is 0. The van der Waals surface area contributed by atoms with E-state index in [2.05, 4.69) is 0 Å². The maximum Gasteiger partial charge on any atom is 0.124 e. The van der Waals surface area contributed by atoms with Crippen LogP contribution >= 0.6 is 11.8 Å². The lowest BCUT2D eigenvalue weighted by Crippen LogP contribution is -2.01. The van der Waals surface area contributed by atoms with Gasteiger partial charge in [0.15, 0.2) is 0 Å². The van der Waals surface area contributed by atoms with Gasteiger partial charge in [0, 0.05) is 18.1 Å². The summed E-state index contributed by atoms with van der Waals surface area (Å²) in [5.74, 6) is 1.19. The molecule has 0 unspecified atom stereocenters. The fourth-order valence-electron chi connectivity index (χ4n) is 1.07. The largest absolute Gasteiger partial charge is 0.330 e. The van der Waals surface area contributed by atoms with Gasteiger partial charge < -0.3 is 5.73 Å². The first-order chi connectivity index (χ1) is 6.76. The first-order valence-corrected chi connectivity index (χ1v) is 5.39. The van der Waals surface area contributed by atoms with E-state index in [1.807, 2.05) is 6.07 Å². The lowest BCUT2D eigenvalue weighted by Gasteiger charge is -2.01. The van der Waals surface area contributed by atoms with Crippen LogP contribution in [0.4, 0.5) is 4.39 Å². The number of nitrogens with zero attached hydrogens (tertiary/aromatic N) is 1. The second kappa shape index (κ2) is 5.63. The predicted molar refractivity (Wildman–Crippen MR) is 56.3 cm³/mol. The molecule has 0 aromatic heterocycles. The number of hydrogen-bond acceptors (Lipinski definition) is 3. The van der Waals surface area contributed by atoms with Crippen molar-refractivity contribution >= 4 is 11.8 Å². The van der Waals surface area contributed by atoms with Crippen LogP contribution in [0.2, 0.25) is 0 Å². The molecule has 1 rings (SSSR count). The van der Waals surface area contributed by atoms with Gasteiger partial charge in [-0.1, -0.05) is 0 Å². The normalized spacial score (nSPS) is 9.79. The third kappa shape index (κ3) is 3.36. The molecular weight excluding hydrogens is 199 g/mol. The Morgan fingerprint density at radius 3 is 2.86 bits per heavy atom. The SMILES string of the molecule is N#Cc1cc(F)cc(CSCCN)c1. The minimum atomic E-state index is -0.354. The second-order valence-corrected chi connectivity index (χ2v) is 3.91. The average molecular weight is 210 g/mol. The van der Waals surface area contributed by atoms with Gasteiger partial charge in [-0.3, -0.25) is 0 Å². The zero-order valence-electron chi connectivity index (χ0n) is 7.66. The van der Waals surface area contributed by atoms with Gasteiger partial charge >= 0.3 is 0 Å². The van der Waals surface area contributed by atoms with Gasteiger partial charge in [0.1, 0.15) is 5.82 Å². The summed E-state index contributed by atoms with van der Waals surface area (Å²) in [6.45, 7) is 0.616. The third-order valence-electron chi connectivity index (χ3n) is 1.62. The first kappa shape index (κ1) is 11.0. The van der Waals surface area contributed by atoms with E-state index in [0.29, 0.717) is 17.9 Å². The van der Waals surface area contributed by atoms with Crippen molar-refractivity contribution in [3.63, 3.8) is 0 Å². The van der Waals surface area contributed by atoms with Crippen LogP contribution in [0.3, 0.4) is 0 Å². The molecule has 0 amide bonds. The lowest BCUT2D eigenvalue weighted by molar-refractivity contribution is 0.626. The molecule has 2 nitrogen and oxygen atoms in total. The molecule has 0 heterocycles. The van der Waals surface area contributed by atoms with Gasteiger partial charge in [0.25, 0.3) is 0 Å². The molecule has 1 aromatic carbocycles. The van der Waals surface area contributed by atoms with Crippen LogP contribution < -0.4 is 5.73 Å². The van der Waals surface area contributed by atoms with Crippen molar-refractivity contribution < 1.29 is 4.39 Å². The smallest absolute Gasteiger partial charge is 0.124 e. The van der Waals surface area contributed by atoms with Gasteiger partial charge in [-0.2, -0.15) is 17.0 Å². The number of benzene rings is 1. The Kier molecular flexibility index (Phi) is 4.44. The number of halogens is 1. The highest BCUT2D eigenvalue weighted by Gasteiger charge is 2.00. The van der Waals surface area contributed by atoms with Gasteiger partial charge in [0.2, 0.25) is 0 Å². The molecule has 14 heavy (non-hydrogen) atoms. The second-order valence-electron chi connectivity index (χ2n) is 2.80. The molecule has 0 aliphatic rings. The van der Waals surface area contributed by atoms with E-state index in [1.54, 1.807) is 17.8 Å². The number of hydrogen-bond donors (Lipinski definition) is 1. The van der Waals surface area contributed by atoms with E-state index in [0.717, 1.165) is 11.3 Å². The summed E-state index contributed by atoms with van der Waals surface area (Å²) in [5, 5.41) is 8.61. The molecule has 0 saturated carbocycles. The molecule has 0 radical (unpaired) electrons. The zero-order valence-corrected chi connectivity index (χ0v) is 8.48. The van der Waals surface area contributed by atoms with Crippen LogP contribution in [0, 0.1) is 17.1 Å². The molecule has 0 saturated heterocycles. The Morgan fingerprint density at radius 1 is 1.43 bits per heavy atom. The van der Waals surface area contributed by atoms with E-state index in [-0.39, 0.29) is 5.82 Å². The van der Waals surface area contributed by atoms with Crippen molar-refractivity contribution in [1.29, 1.82) is 5.26 Å². The molecule has 0 aliphatic heterocycles. The van der Waals surface area contributed by atoms with Crippen molar-refractivity contribution in [3.8, 4) is 6.07 Å². The highest BCUT2D eigenvalue weighted by atomic mass is 32.2. The lowest BCUT2D eigenvalue weighted by atomic mass is 10.1. The highest BCUT2D eigenvalue weighted by Crippen LogP contribution is 2.14. The van der Waals surface area contributed by atoms with E-state index >= 15 is 0 Å². The van der Waals surface area contributed by atoms with E-state index in [1.165, 1.54) is 12.1 Å². The standard InChI is InChI=1S/C10H11FN2S/c11-10-4-8(6-13)3-9(5-10)7-14-2-1-12/h3-5H,1-2,7,12H2. The molecule has 4 heteroatoms.